The number of anilines is 1. The minimum atomic E-state index is -3.10. The summed E-state index contributed by atoms with van der Waals surface area (Å²) in [6, 6.07) is 14.2. The average molecular weight is 563 g/mol. The summed E-state index contributed by atoms with van der Waals surface area (Å²) >= 11 is 9.39. The Labute approximate surface area is 191 Å². The maximum Gasteiger partial charge on any atom is 0.285 e. The van der Waals surface area contributed by atoms with Gasteiger partial charge < -0.3 is 9.64 Å². The smallest absolute Gasteiger partial charge is 0.285 e. The van der Waals surface area contributed by atoms with E-state index in [9.17, 15) is 13.2 Å². The summed E-state index contributed by atoms with van der Waals surface area (Å²) in [7, 11) is -3.10. The third-order valence-electron chi connectivity index (χ3n) is 4.55. The molecule has 10 heteroatoms. The van der Waals surface area contributed by atoms with Crippen LogP contribution in [-0.2, 0) is 14.6 Å². The Kier molecular flexibility index (Phi) is 6.10. The molecular weight excluding hydrogens is 547 g/mol. The van der Waals surface area contributed by atoms with Crippen molar-refractivity contribution in [2.75, 3.05) is 23.0 Å². The SMILES string of the molecule is O=C(COc1ccc(Cl)cc1)N=C1S[C@H]2CS(=O)(=O)C[C@@H]2N1c1cccc(I)c1. The van der Waals surface area contributed by atoms with E-state index in [2.05, 4.69) is 27.6 Å². The molecule has 2 atom stereocenters. The number of sulfone groups is 1. The summed E-state index contributed by atoms with van der Waals surface area (Å²) in [5.41, 5.74) is 0.833. The summed E-state index contributed by atoms with van der Waals surface area (Å²) in [5.74, 6) is 0.252. The molecule has 2 aliphatic heterocycles. The van der Waals surface area contributed by atoms with Gasteiger partial charge in [0.15, 0.2) is 21.6 Å². The number of halogens is 2. The quantitative estimate of drug-likeness (QED) is 0.530. The van der Waals surface area contributed by atoms with Crippen molar-refractivity contribution in [1.82, 2.24) is 0 Å². The Morgan fingerprint density at radius 3 is 2.72 bits per heavy atom. The van der Waals surface area contributed by atoms with Gasteiger partial charge in [-0.15, -0.1) is 0 Å². The van der Waals surface area contributed by atoms with E-state index >= 15 is 0 Å². The highest BCUT2D eigenvalue weighted by Gasteiger charge is 2.49. The predicted molar refractivity (Wildman–Crippen MR) is 125 cm³/mol. The largest absolute Gasteiger partial charge is 0.484 e. The van der Waals surface area contributed by atoms with E-state index < -0.39 is 15.7 Å². The number of amides is 1. The maximum atomic E-state index is 12.4. The maximum absolute atomic E-state index is 12.4. The number of amidine groups is 1. The van der Waals surface area contributed by atoms with Crippen LogP contribution in [0.25, 0.3) is 0 Å². The molecule has 2 saturated heterocycles. The van der Waals surface area contributed by atoms with Crippen LogP contribution in [0, 0.1) is 3.57 Å². The minimum Gasteiger partial charge on any atom is -0.484 e. The molecule has 0 aliphatic carbocycles. The van der Waals surface area contributed by atoms with E-state index in [1.165, 1.54) is 11.8 Å². The molecule has 2 fully saturated rings. The van der Waals surface area contributed by atoms with Crippen LogP contribution in [0.3, 0.4) is 0 Å². The number of nitrogens with zero attached hydrogens (tertiary/aromatic N) is 2. The number of carbonyl (C=O) groups excluding carboxylic acids is 1. The van der Waals surface area contributed by atoms with Crippen LogP contribution in [0.15, 0.2) is 53.5 Å². The zero-order valence-corrected chi connectivity index (χ0v) is 19.5. The molecule has 2 heterocycles. The first-order chi connectivity index (χ1) is 13.8. The van der Waals surface area contributed by atoms with Crippen LogP contribution in [-0.4, -0.2) is 48.9 Å². The van der Waals surface area contributed by atoms with Crippen LogP contribution in [0.1, 0.15) is 0 Å². The van der Waals surface area contributed by atoms with Crippen molar-refractivity contribution in [3.8, 4) is 5.75 Å². The number of fused-ring (bicyclic) bond motifs is 1. The van der Waals surface area contributed by atoms with Crippen molar-refractivity contribution < 1.29 is 17.9 Å². The number of rotatable bonds is 4. The van der Waals surface area contributed by atoms with Crippen LogP contribution in [0.2, 0.25) is 5.02 Å². The van der Waals surface area contributed by atoms with Crippen molar-refractivity contribution in [1.29, 1.82) is 0 Å². The van der Waals surface area contributed by atoms with E-state index in [0.717, 1.165) is 9.26 Å². The van der Waals surface area contributed by atoms with Gasteiger partial charge in [0.2, 0.25) is 0 Å². The van der Waals surface area contributed by atoms with Gasteiger partial charge in [0.05, 0.1) is 17.5 Å². The minimum absolute atomic E-state index is 0.0601. The lowest BCUT2D eigenvalue weighted by Gasteiger charge is -2.24. The first kappa shape index (κ1) is 21.0. The molecule has 152 valence electrons. The lowest BCUT2D eigenvalue weighted by atomic mass is 10.2. The molecule has 0 radical (unpaired) electrons. The van der Waals surface area contributed by atoms with Gasteiger partial charge in [-0.25, -0.2) is 8.42 Å². The zero-order chi connectivity index (χ0) is 20.6. The van der Waals surface area contributed by atoms with Crippen molar-refractivity contribution >= 4 is 72.6 Å². The van der Waals surface area contributed by atoms with Gasteiger partial charge in [-0.1, -0.05) is 29.4 Å². The second-order valence-electron chi connectivity index (χ2n) is 6.68. The monoisotopic (exact) mass is 562 g/mol. The normalized spacial score (nSPS) is 23.9. The zero-order valence-electron chi connectivity index (χ0n) is 15.0. The molecule has 0 saturated carbocycles. The topological polar surface area (TPSA) is 76.0 Å². The molecule has 6 nitrogen and oxygen atoms in total. The van der Waals surface area contributed by atoms with E-state index in [-0.39, 0.29) is 29.4 Å². The van der Waals surface area contributed by atoms with Gasteiger partial charge in [-0.2, -0.15) is 4.99 Å². The Bertz CT molecular complexity index is 1080. The highest BCUT2D eigenvalue weighted by atomic mass is 127. The Morgan fingerprint density at radius 1 is 1.24 bits per heavy atom. The molecule has 0 spiro atoms. The van der Waals surface area contributed by atoms with E-state index in [4.69, 9.17) is 16.3 Å². The fourth-order valence-corrected chi connectivity index (χ4v) is 7.89. The van der Waals surface area contributed by atoms with E-state index in [1.54, 1.807) is 24.3 Å². The van der Waals surface area contributed by atoms with Gasteiger partial charge in [0.1, 0.15) is 5.75 Å². The van der Waals surface area contributed by atoms with Crippen LogP contribution in [0.5, 0.6) is 5.75 Å². The molecule has 0 unspecified atom stereocenters. The molecule has 2 aromatic rings. The van der Waals surface area contributed by atoms with E-state index in [0.29, 0.717) is 15.9 Å². The third kappa shape index (κ3) is 4.89. The molecule has 2 aliphatic rings. The number of ether oxygens (including phenoxy) is 1. The highest BCUT2D eigenvalue weighted by molar-refractivity contribution is 14.1. The molecule has 0 aromatic heterocycles. The molecule has 29 heavy (non-hydrogen) atoms. The fourth-order valence-electron chi connectivity index (χ4n) is 3.31. The van der Waals surface area contributed by atoms with Gasteiger partial charge in [-0.3, -0.25) is 4.79 Å². The third-order valence-corrected chi connectivity index (χ3v) is 8.68. The number of hydrogen-bond acceptors (Lipinski definition) is 5. The number of benzene rings is 2. The van der Waals surface area contributed by atoms with Crippen LogP contribution >= 0.6 is 46.0 Å². The van der Waals surface area contributed by atoms with Crippen molar-refractivity contribution in [2.45, 2.75) is 11.3 Å². The molecule has 4 rings (SSSR count). The van der Waals surface area contributed by atoms with Gasteiger partial charge >= 0.3 is 0 Å². The van der Waals surface area contributed by atoms with Crippen molar-refractivity contribution in [3.05, 3.63) is 57.1 Å². The Hall–Kier alpha value is -1.30. The number of hydrogen-bond donors (Lipinski definition) is 0. The lowest BCUT2D eigenvalue weighted by molar-refractivity contribution is -0.119. The van der Waals surface area contributed by atoms with Gasteiger partial charge in [0.25, 0.3) is 5.91 Å². The van der Waals surface area contributed by atoms with Gasteiger partial charge in [0, 0.05) is 19.5 Å². The van der Waals surface area contributed by atoms with Crippen molar-refractivity contribution in [3.63, 3.8) is 0 Å². The standard InChI is InChI=1S/C19H16ClIN2O4S2/c20-12-4-6-15(7-5-12)27-9-18(24)22-19-23(14-3-1-2-13(21)8-14)16-10-29(25,26)11-17(16)28-19/h1-8,16-17H,9-11H2/t16-,17-/m0/s1. The number of thioether (sulfide) groups is 1. The lowest BCUT2D eigenvalue weighted by Crippen LogP contribution is -2.37. The molecule has 2 aromatic carbocycles. The molecule has 1 amide bonds. The molecule has 0 bridgehead atoms. The van der Waals surface area contributed by atoms with Crippen LogP contribution in [0.4, 0.5) is 5.69 Å². The first-order valence-corrected chi connectivity index (χ1v) is 12.9. The predicted octanol–water partition coefficient (Wildman–Crippen LogP) is 3.63. The van der Waals surface area contributed by atoms with E-state index in [1.807, 2.05) is 29.2 Å². The Balaban J connectivity index is 1.56. The number of aliphatic imine (C=N–C) groups is 1. The van der Waals surface area contributed by atoms with Crippen LogP contribution < -0.4 is 9.64 Å². The average Bonchev–Trinajstić information content (AvgIpc) is 3.12. The molecular formula is C19H16ClIN2O4S2. The number of carbonyl (C=O) groups is 1. The second kappa shape index (κ2) is 8.44. The van der Waals surface area contributed by atoms with Crippen molar-refractivity contribution in [2.24, 2.45) is 4.99 Å². The highest BCUT2D eigenvalue weighted by Crippen LogP contribution is 2.41. The summed E-state index contributed by atoms with van der Waals surface area (Å²) in [4.78, 5) is 18.6. The fraction of sp³-hybridized carbons (Fsp3) is 0.263. The molecule has 0 N–H and O–H groups in total. The summed E-state index contributed by atoms with van der Waals surface area (Å²) in [5, 5.41) is 0.962. The summed E-state index contributed by atoms with van der Waals surface area (Å²) in [6.45, 7) is -0.209. The Morgan fingerprint density at radius 2 is 2.00 bits per heavy atom. The summed E-state index contributed by atoms with van der Waals surface area (Å²) in [6.07, 6.45) is 0. The second-order valence-corrected chi connectivity index (χ2v) is 11.7. The summed E-state index contributed by atoms with van der Waals surface area (Å²) < 4.78 is 30.7. The van der Waals surface area contributed by atoms with Gasteiger partial charge in [-0.05, 0) is 65.1 Å². The first-order valence-electron chi connectivity index (χ1n) is 8.72.